The van der Waals surface area contributed by atoms with Crippen LogP contribution in [-0.2, 0) is 16.9 Å². The van der Waals surface area contributed by atoms with E-state index >= 15 is 0 Å². The first-order valence-electron chi connectivity index (χ1n) is 10.8. The van der Waals surface area contributed by atoms with Crippen LogP contribution in [0.15, 0.2) is 60.7 Å². The summed E-state index contributed by atoms with van der Waals surface area (Å²) in [5.74, 6) is -0.610. The van der Waals surface area contributed by atoms with E-state index in [2.05, 4.69) is 13.8 Å². The minimum atomic E-state index is -2.02. The van der Waals surface area contributed by atoms with Crippen LogP contribution >= 0.6 is 23.2 Å². The van der Waals surface area contributed by atoms with Crippen molar-refractivity contribution in [2.75, 3.05) is 4.90 Å². The van der Waals surface area contributed by atoms with E-state index < -0.39 is 11.5 Å². The van der Waals surface area contributed by atoms with Crippen LogP contribution in [0.5, 0.6) is 0 Å². The van der Waals surface area contributed by atoms with E-state index in [-0.39, 0.29) is 24.7 Å². The molecule has 1 unspecified atom stereocenters. The predicted molar refractivity (Wildman–Crippen MR) is 132 cm³/mol. The Kier molecular flexibility index (Phi) is 6.37. The van der Waals surface area contributed by atoms with Crippen molar-refractivity contribution < 1.29 is 14.7 Å². The molecule has 0 bridgehead atoms. The summed E-state index contributed by atoms with van der Waals surface area (Å²) in [7, 11) is 0. The van der Waals surface area contributed by atoms with Crippen molar-refractivity contribution in [2.45, 2.75) is 45.3 Å². The third kappa shape index (κ3) is 4.31. The summed E-state index contributed by atoms with van der Waals surface area (Å²) in [6.45, 7) is 6.13. The van der Waals surface area contributed by atoms with Gasteiger partial charge in [0.05, 0.1) is 18.7 Å². The van der Waals surface area contributed by atoms with Gasteiger partial charge in [-0.25, -0.2) is 0 Å². The van der Waals surface area contributed by atoms with Crippen molar-refractivity contribution in [1.29, 1.82) is 0 Å². The van der Waals surface area contributed by atoms with Crippen LogP contribution in [0.1, 0.15) is 58.8 Å². The zero-order chi connectivity index (χ0) is 23.9. The molecule has 0 aliphatic carbocycles. The van der Waals surface area contributed by atoms with Crippen LogP contribution in [0.3, 0.4) is 0 Å². The molecule has 0 radical (unpaired) electrons. The van der Waals surface area contributed by atoms with Gasteiger partial charge in [0, 0.05) is 21.2 Å². The third-order valence-electron chi connectivity index (χ3n) is 6.23. The van der Waals surface area contributed by atoms with Crippen molar-refractivity contribution in [3.8, 4) is 0 Å². The lowest BCUT2D eigenvalue weighted by Crippen LogP contribution is -2.41. The topological polar surface area (TPSA) is 57.6 Å². The Morgan fingerprint density at radius 3 is 2.48 bits per heavy atom. The van der Waals surface area contributed by atoms with Gasteiger partial charge in [0.25, 0.3) is 5.91 Å². The second-order valence-electron chi connectivity index (χ2n) is 8.83. The van der Waals surface area contributed by atoms with E-state index in [0.29, 0.717) is 26.9 Å². The van der Waals surface area contributed by atoms with E-state index in [0.717, 1.165) is 16.7 Å². The van der Waals surface area contributed by atoms with Crippen LogP contribution in [-0.4, -0.2) is 16.8 Å². The minimum absolute atomic E-state index is 0.172. The van der Waals surface area contributed by atoms with E-state index in [1.807, 2.05) is 43.3 Å². The van der Waals surface area contributed by atoms with Crippen molar-refractivity contribution >= 4 is 40.6 Å². The number of fused-ring (bicyclic) bond motifs is 1. The Morgan fingerprint density at radius 2 is 1.79 bits per heavy atom. The van der Waals surface area contributed by atoms with Gasteiger partial charge in [-0.15, -0.1) is 0 Å². The van der Waals surface area contributed by atoms with Gasteiger partial charge < -0.3 is 10.0 Å². The molecule has 0 saturated carbocycles. The van der Waals surface area contributed by atoms with Crippen LogP contribution < -0.4 is 4.90 Å². The van der Waals surface area contributed by atoms with Gasteiger partial charge >= 0.3 is 0 Å². The lowest BCUT2D eigenvalue weighted by molar-refractivity contribution is -0.136. The molecule has 170 valence electrons. The number of rotatable bonds is 6. The Balaban J connectivity index is 1.73. The predicted octanol–water partition coefficient (Wildman–Crippen LogP) is 6.43. The number of anilines is 1. The standard InChI is InChI=1S/C27H25Cl2NO3/c1-16(2)18-9-8-17(3)21(12-18)25(31)14-27(33)22-13-20(28)10-11-24(22)30(26(27)32)15-19-6-4-5-7-23(19)29/h4-13,16,33H,14-15H2,1-3H3. The first kappa shape index (κ1) is 23.5. The van der Waals surface area contributed by atoms with Crippen molar-refractivity contribution in [1.82, 2.24) is 0 Å². The lowest BCUT2D eigenvalue weighted by Gasteiger charge is -2.23. The molecule has 6 heteroatoms. The van der Waals surface area contributed by atoms with Gasteiger partial charge in [0.15, 0.2) is 11.4 Å². The molecule has 1 atom stereocenters. The molecule has 33 heavy (non-hydrogen) atoms. The maximum Gasteiger partial charge on any atom is 0.264 e. The zero-order valence-corrected chi connectivity index (χ0v) is 20.2. The molecule has 1 amide bonds. The van der Waals surface area contributed by atoms with Crippen molar-refractivity contribution in [3.05, 3.63) is 98.5 Å². The number of carbonyl (C=O) groups is 2. The minimum Gasteiger partial charge on any atom is -0.375 e. The molecule has 1 N–H and O–H groups in total. The molecule has 4 rings (SSSR count). The molecule has 1 aliphatic rings. The number of benzene rings is 3. The van der Waals surface area contributed by atoms with Crippen molar-refractivity contribution in [2.24, 2.45) is 0 Å². The number of halogens is 2. The molecule has 0 fully saturated rings. The van der Waals surface area contributed by atoms with Gasteiger partial charge in [-0.2, -0.15) is 0 Å². The monoisotopic (exact) mass is 481 g/mol. The summed E-state index contributed by atoms with van der Waals surface area (Å²) in [6, 6.07) is 17.9. The number of hydrogen-bond acceptors (Lipinski definition) is 3. The number of ketones is 1. The fourth-order valence-electron chi connectivity index (χ4n) is 4.27. The summed E-state index contributed by atoms with van der Waals surface area (Å²) < 4.78 is 0. The SMILES string of the molecule is Cc1ccc(C(C)C)cc1C(=O)CC1(O)C(=O)N(Cc2ccccc2Cl)c2ccc(Cl)cc21. The normalized spacial score (nSPS) is 17.5. The fourth-order valence-corrected chi connectivity index (χ4v) is 4.64. The van der Waals surface area contributed by atoms with Gasteiger partial charge in [-0.3, -0.25) is 9.59 Å². The largest absolute Gasteiger partial charge is 0.375 e. The smallest absolute Gasteiger partial charge is 0.264 e. The molecular weight excluding hydrogens is 457 g/mol. The number of Topliss-reactive ketones (excluding diaryl/α,β-unsaturated/α-hetero) is 1. The summed E-state index contributed by atoms with van der Waals surface area (Å²) in [6.07, 6.45) is -0.374. The lowest BCUT2D eigenvalue weighted by atomic mass is 9.86. The number of carbonyl (C=O) groups excluding carboxylic acids is 2. The van der Waals surface area contributed by atoms with Crippen LogP contribution in [0.25, 0.3) is 0 Å². The van der Waals surface area contributed by atoms with Gasteiger partial charge in [0.1, 0.15) is 0 Å². The number of nitrogens with zero attached hydrogens (tertiary/aromatic N) is 1. The maximum absolute atomic E-state index is 13.6. The molecule has 0 aromatic heterocycles. The molecule has 3 aromatic carbocycles. The Labute approximate surface area is 203 Å². The molecule has 0 spiro atoms. The number of hydrogen-bond donors (Lipinski definition) is 1. The van der Waals surface area contributed by atoms with E-state index in [4.69, 9.17) is 23.2 Å². The summed E-state index contributed by atoms with van der Waals surface area (Å²) in [4.78, 5) is 28.4. The van der Waals surface area contributed by atoms with E-state index in [1.54, 1.807) is 24.3 Å². The molecule has 0 saturated heterocycles. The van der Waals surface area contributed by atoms with Crippen LogP contribution in [0.2, 0.25) is 10.0 Å². The highest BCUT2D eigenvalue weighted by Crippen LogP contribution is 2.45. The summed E-state index contributed by atoms with van der Waals surface area (Å²) in [5.41, 5.74) is 1.92. The maximum atomic E-state index is 13.6. The first-order valence-corrected chi connectivity index (χ1v) is 11.6. The quantitative estimate of drug-likeness (QED) is 0.412. The number of amides is 1. The highest BCUT2D eigenvalue weighted by Gasteiger charge is 2.51. The van der Waals surface area contributed by atoms with Gasteiger partial charge in [-0.05, 0) is 59.9 Å². The molecule has 1 heterocycles. The van der Waals surface area contributed by atoms with E-state index in [9.17, 15) is 14.7 Å². The second kappa shape index (κ2) is 8.94. The van der Waals surface area contributed by atoms with Gasteiger partial charge in [-0.1, -0.05) is 67.4 Å². The molecule has 3 aromatic rings. The number of aliphatic hydroxyl groups is 1. The second-order valence-corrected chi connectivity index (χ2v) is 9.68. The van der Waals surface area contributed by atoms with Gasteiger partial charge in [0.2, 0.25) is 0 Å². The Hall–Kier alpha value is -2.66. The van der Waals surface area contributed by atoms with Crippen LogP contribution in [0.4, 0.5) is 5.69 Å². The highest BCUT2D eigenvalue weighted by molar-refractivity contribution is 6.31. The average molecular weight is 482 g/mol. The highest BCUT2D eigenvalue weighted by atomic mass is 35.5. The number of aryl methyl sites for hydroxylation is 1. The Morgan fingerprint density at radius 1 is 1.06 bits per heavy atom. The first-order chi connectivity index (χ1) is 15.6. The zero-order valence-electron chi connectivity index (χ0n) is 18.7. The third-order valence-corrected chi connectivity index (χ3v) is 6.83. The molecule has 1 aliphatic heterocycles. The molecular formula is C27H25Cl2NO3. The van der Waals surface area contributed by atoms with E-state index in [1.165, 1.54) is 4.90 Å². The summed E-state index contributed by atoms with van der Waals surface area (Å²) >= 11 is 12.5. The average Bonchev–Trinajstić information content (AvgIpc) is 2.96. The van der Waals surface area contributed by atoms with Crippen LogP contribution in [0, 0.1) is 6.92 Å². The van der Waals surface area contributed by atoms with Crippen molar-refractivity contribution in [3.63, 3.8) is 0 Å². The fraction of sp³-hybridized carbons (Fsp3) is 0.259. The molecule has 4 nitrogen and oxygen atoms in total. The summed E-state index contributed by atoms with van der Waals surface area (Å²) in [5, 5.41) is 12.6. The Bertz CT molecular complexity index is 1250.